The zero-order valence-electron chi connectivity index (χ0n) is 14.2. The lowest BCUT2D eigenvalue weighted by molar-refractivity contribution is -0.142. The van der Waals surface area contributed by atoms with E-state index in [0.29, 0.717) is 35.2 Å². The van der Waals surface area contributed by atoms with E-state index in [0.717, 1.165) is 6.42 Å². The van der Waals surface area contributed by atoms with E-state index in [1.165, 1.54) is 10.0 Å². The highest BCUT2D eigenvalue weighted by molar-refractivity contribution is 6.42. The number of nitrogens with one attached hydrogen (secondary N) is 1. The molecular weight excluding hydrogens is 387 g/mol. The smallest absolute Gasteiger partial charge is 0.320 e. The van der Waals surface area contributed by atoms with Crippen molar-refractivity contribution in [3.8, 4) is 0 Å². The minimum Gasteiger partial charge on any atom is -0.320 e. The molecule has 0 aliphatic carbocycles. The monoisotopic (exact) mass is 408 g/mol. The average Bonchev–Trinajstić information content (AvgIpc) is 3.05. The number of benzene rings is 1. The minimum absolute atomic E-state index is 0. The van der Waals surface area contributed by atoms with Crippen LogP contribution in [0.15, 0.2) is 18.2 Å². The highest BCUT2D eigenvalue weighted by atomic mass is 35.5. The van der Waals surface area contributed by atoms with Crippen molar-refractivity contribution in [2.24, 2.45) is 11.7 Å². The van der Waals surface area contributed by atoms with Gasteiger partial charge in [0.1, 0.15) is 0 Å². The first-order valence-corrected chi connectivity index (χ1v) is 8.71. The first kappa shape index (κ1) is 21.8. The molecule has 2 rings (SSSR count). The van der Waals surface area contributed by atoms with Crippen LogP contribution in [0.4, 0.5) is 10.5 Å². The Morgan fingerprint density at radius 2 is 1.88 bits per heavy atom. The maximum Gasteiger partial charge on any atom is 0.340 e. The first-order chi connectivity index (χ1) is 11.3. The van der Waals surface area contributed by atoms with Crippen molar-refractivity contribution in [2.75, 3.05) is 18.4 Å². The highest BCUT2D eigenvalue weighted by Crippen LogP contribution is 2.25. The molecule has 1 fully saturated rings. The molecule has 1 saturated heterocycles. The maximum atomic E-state index is 12.6. The van der Waals surface area contributed by atoms with E-state index >= 15 is 0 Å². The molecule has 1 heterocycles. The zero-order valence-corrected chi connectivity index (χ0v) is 16.5. The summed E-state index contributed by atoms with van der Waals surface area (Å²) in [6, 6.07) is 3.81. The summed E-state index contributed by atoms with van der Waals surface area (Å²) in [7, 11) is 0. The molecule has 140 valence electrons. The predicted octanol–water partition coefficient (Wildman–Crippen LogP) is 3.77. The van der Waals surface area contributed by atoms with Crippen LogP contribution in [0.5, 0.6) is 0 Å². The molecule has 2 atom stereocenters. The first-order valence-electron chi connectivity index (χ1n) is 7.95. The number of carbonyl (C=O) groups is 2. The van der Waals surface area contributed by atoms with Crippen LogP contribution in [0, 0.1) is 5.92 Å². The normalized spacial score (nSPS) is 16.2. The SMILES string of the molecule is CCC(C)[C@H](N)C(=O)N1CCCN1C(=O)Nc1ccc(Cl)c(Cl)c1.Cl. The number of anilines is 1. The third kappa shape index (κ3) is 5.14. The van der Waals surface area contributed by atoms with Gasteiger partial charge in [-0.3, -0.25) is 4.79 Å². The lowest BCUT2D eigenvalue weighted by Crippen LogP contribution is -2.53. The molecule has 0 spiro atoms. The van der Waals surface area contributed by atoms with E-state index in [9.17, 15) is 9.59 Å². The van der Waals surface area contributed by atoms with Gasteiger partial charge in [0.15, 0.2) is 0 Å². The van der Waals surface area contributed by atoms with Gasteiger partial charge in [-0.2, -0.15) is 0 Å². The number of hydrogen-bond donors (Lipinski definition) is 2. The fourth-order valence-corrected chi connectivity index (χ4v) is 2.78. The van der Waals surface area contributed by atoms with Crippen molar-refractivity contribution in [1.82, 2.24) is 10.0 Å². The third-order valence-corrected chi connectivity index (χ3v) is 4.97. The minimum atomic E-state index is -0.617. The number of halogens is 3. The Morgan fingerprint density at radius 3 is 2.48 bits per heavy atom. The summed E-state index contributed by atoms with van der Waals surface area (Å²) >= 11 is 11.8. The van der Waals surface area contributed by atoms with Crippen LogP contribution in [0.25, 0.3) is 0 Å². The van der Waals surface area contributed by atoms with Gasteiger partial charge >= 0.3 is 6.03 Å². The van der Waals surface area contributed by atoms with E-state index in [-0.39, 0.29) is 24.2 Å². The van der Waals surface area contributed by atoms with Crippen LogP contribution in [0.1, 0.15) is 26.7 Å². The number of amides is 3. The van der Waals surface area contributed by atoms with Crippen LogP contribution in [-0.4, -0.2) is 41.1 Å². The van der Waals surface area contributed by atoms with Crippen molar-refractivity contribution in [1.29, 1.82) is 0 Å². The summed E-state index contributed by atoms with van der Waals surface area (Å²) in [6.45, 7) is 4.86. The summed E-state index contributed by atoms with van der Waals surface area (Å²) in [5.41, 5.74) is 6.53. The summed E-state index contributed by atoms with van der Waals surface area (Å²) in [5, 5.41) is 6.32. The fraction of sp³-hybridized carbons (Fsp3) is 0.500. The molecule has 1 aliphatic heterocycles. The van der Waals surface area contributed by atoms with Crippen LogP contribution < -0.4 is 11.1 Å². The quantitative estimate of drug-likeness (QED) is 0.794. The van der Waals surface area contributed by atoms with Gasteiger partial charge in [-0.05, 0) is 30.5 Å². The third-order valence-electron chi connectivity index (χ3n) is 4.23. The van der Waals surface area contributed by atoms with Crippen LogP contribution >= 0.6 is 35.6 Å². The standard InChI is InChI=1S/C16H22Cl2N4O2.ClH/c1-3-10(2)14(19)15(23)21-7-4-8-22(21)16(24)20-11-5-6-12(17)13(18)9-11;/h5-6,9-10,14H,3-4,7-8,19H2,1-2H3,(H,20,24);1H/t10?,14-;/m0./s1. The number of urea groups is 1. The number of rotatable bonds is 4. The van der Waals surface area contributed by atoms with E-state index in [1.54, 1.807) is 18.2 Å². The van der Waals surface area contributed by atoms with Crippen LogP contribution in [-0.2, 0) is 4.79 Å². The van der Waals surface area contributed by atoms with Crippen molar-refractivity contribution in [3.05, 3.63) is 28.2 Å². The molecule has 1 unspecified atom stereocenters. The number of nitrogens with zero attached hydrogens (tertiary/aromatic N) is 2. The van der Waals surface area contributed by atoms with Crippen molar-refractivity contribution in [2.45, 2.75) is 32.7 Å². The average molecular weight is 410 g/mol. The Balaban J connectivity index is 0.00000312. The molecule has 0 saturated carbocycles. The Morgan fingerprint density at radius 1 is 1.24 bits per heavy atom. The zero-order chi connectivity index (χ0) is 17.9. The van der Waals surface area contributed by atoms with Crippen molar-refractivity contribution in [3.63, 3.8) is 0 Å². The number of nitrogens with two attached hydrogens (primary N) is 1. The largest absolute Gasteiger partial charge is 0.340 e. The maximum absolute atomic E-state index is 12.6. The van der Waals surface area contributed by atoms with Crippen molar-refractivity contribution >= 4 is 53.2 Å². The number of hydrazine groups is 1. The Labute approximate surface area is 164 Å². The second-order valence-electron chi connectivity index (χ2n) is 5.91. The topological polar surface area (TPSA) is 78.7 Å². The van der Waals surface area contributed by atoms with E-state index in [2.05, 4.69) is 5.32 Å². The molecule has 1 aromatic carbocycles. The number of carbonyl (C=O) groups excluding carboxylic acids is 2. The van der Waals surface area contributed by atoms with E-state index in [4.69, 9.17) is 28.9 Å². The predicted molar refractivity (Wildman–Crippen MR) is 103 cm³/mol. The van der Waals surface area contributed by atoms with Crippen molar-refractivity contribution < 1.29 is 9.59 Å². The second-order valence-corrected chi connectivity index (χ2v) is 6.72. The summed E-state index contributed by atoms with van der Waals surface area (Å²) < 4.78 is 0. The molecule has 6 nitrogen and oxygen atoms in total. The number of hydrogen-bond acceptors (Lipinski definition) is 3. The van der Waals surface area contributed by atoms with Crippen LogP contribution in [0.2, 0.25) is 10.0 Å². The van der Waals surface area contributed by atoms with Gasteiger partial charge in [0.25, 0.3) is 5.91 Å². The van der Waals surface area contributed by atoms with E-state index in [1.807, 2.05) is 13.8 Å². The van der Waals surface area contributed by atoms with Gasteiger partial charge < -0.3 is 11.1 Å². The van der Waals surface area contributed by atoms with Gasteiger partial charge in [0.2, 0.25) is 0 Å². The Hall–Kier alpha value is -1.21. The molecule has 0 radical (unpaired) electrons. The highest BCUT2D eigenvalue weighted by Gasteiger charge is 2.34. The lowest BCUT2D eigenvalue weighted by Gasteiger charge is -2.31. The Kier molecular flexibility index (Phi) is 8.28. The molecule has 1 aliphatic rings. The second kappa shape index (κ2) is 9.48. The molecule has 25 heavy (non-hydrogen) atoms. The Bertz CT molecular complexity index is 629. The molecule has 1 aromatic rings. The summed E-state index contributed by atoms with van der Waals surface area (Å²) in [5.74, 6) is -0.177. The molecule has 0 aromatic heterocycles. The fourth-order valence-electron chi connectivity index (χ4n) is 2.48. The summed E-state index contributed by atoms with van der Waals surface area (Å²) in [6.07, 6.45) is 1.52. The summed E-state index contributed by atoms with van der Waals surface area (Å²) in [4.78, 5) is 25.0. The molecule has 3 amide bonds. The van der Waals surface area contributed by atoms with Crippen LogP contribution in [0.3, 0.4) is 0 Å². The van der Waals surface area contributed by atoms with Gasteiger partial charge in [-0.1, -0.05) is 43.5 Å². The molecule has 9 heteroatoms. The molecule has 0 bridgehead atoms. The van der Waals surface area contributed by atoms with Gasteiger partial charge in [0.05, 0.1) is 16.1 Å². The molecule has 3 N–H and O–H groups in total. The van der Waals surface area contributed by atoms with Gasteiger partial charge in [-0.15, -0.1) is 12.4 Å². The molecular formula is C16H23Cl3N4O2. The van der Waals surface area contributed by atoms with Gasteiger partial charge in [-0.25, -0.2) is 14.8 Å². The van der Waals surface area contributed by atoms with Gasteiger partial charge in [0, 0.05) is 18.8 Å². The van der Waals surface area contributed by atoms with E-state index < -0.39 is 12.1 Å². The lowest BCUT2D eigenvalue weighted by atomic mass is 9.99.